The van der Waals surface area contributed by atoms with E-state index in [1.54, 1.807) is 0 Å². The lowest BCUT2D eigenvalue weighted by molar-refractivity contribution is -0.124. The van der Waals surface area contributed by atoms with Gasteiger partial charge >= 0.3 is 0 Å². The second-order valence-corrected chi connectivity index (χ2v) is 9.22. The maximum Gasteiger partial charge on any atom is 0.223 e. The van der Waals surface area contributed by atoms with E-state index in [9.17, 15) is 4.79 Å². The van der Waals surface area contributed by atoms with E-state index in [1.165, 1.54) is 10.4 Å². The summed E-state index contributed by atoms with van der Waals surface area (Å²) in [6.45, 7) is 7.06. The summed E-state index contributed by atoms with van der Waals surface area (Å²) in [7, 11) is 0. The number of thiophene rings is 1. The number of pyridine rings is 1. The predicted molar refractivity (Wildman–Crippen MR) is 123 cm³/mol. The Morgan fingerprint density at radius 1 is 1.30 bits per heavy atom. The molecule has 1 saturated carbocycles. The highest BCUT2D eigenvalue weighted by molar-refractivity contribution is 7.10. The van der Waals surface area contributed by atoms with Crippen LogP contribution in [0, 0.1) is 12.8 Å². The SMILES string of the molecule is CCNC(=O)C1CCC(n2cnc3c(NC(CC)Cc4sccc4C)ccnc32)C1. The van der Waals surface area contributed by atoms with Gasteiger partial charge in [-0.2, -0.15) is 0 Å². The third-order valence-electron chi connectivity index (χ3n) is 6.23. The van der Waals surface area contributed by atoms with Crippen molar-refractivity contribution in [2.75, 3.05) is 11.9 Å². The summed E-state index contributed by atoms with van der Waals surface area (Å²) in [6.07, 6.45) is 8.58. The molecule has 3 aromatic rings. The van der Waals surface area contributed by atoms with Crippen LogP contribution < -0.4 is 10.6 Å². The highest BCUT2D eigenvalue weighted by Gasteiger charge is 2.31. The van der Waals surface area contributed by atoms with Gasteiger partial charge in [0.2, 0.25) is 5.91 Å². The van der Waals surface area contributed by atoms with E-state index in [2.05, 4.69) is 45.5 Å². The maximum absolute atomic E-state index is 12.2. The van der Waals surface area contributed by atoms with E-state index in [0.717, 1.165) is 49.0 Å². The van der Waals surface area contributed by atoms with Crippen LogP contribution in [0.3, 0.4) is 0 Å². The molecule has 1 aliphatic rings. The molecule has 6 nitrogen and oxygen atoms in total. The Balaban J connectivity index is 1.52. The van der Waals surface area contributed by atoms with E-state index < -0.39 is 0 Å². The summed E-state index contributed by atoms with van der Waals surface area (Å²) in [6, 6.07) is 4.84. The number of hydrogen-bond acceptors (Lipinski definition) is 5. The molecule has 0 aliphatic heterocycles. The molecule has 30 heavy (non-hydrogen) atoms. The summed E-state index contributed by atoms with van der Waals surface area (Å²) >= 11 is 1.83. The van der Waals surface area contributed by atoms with Crippen molar-refractivity contribution in [3.8, 4) is 0 Å². The minimum atomic E-state index is 0.0900. The summed E-state index contributed by atoms with van der Waals surface area (Å²) in [5.74, 6) is 0.265. The van der Waals surface area contributed by atoms with Gasteiger partial charge in [-0.3, -0.25) is 4.79 Å². The van der Waals surface area contributed by atoms with Gasteiger partial charge in [0.25, 0.3) is 0 Å². The molecule has 0 aromatic carbocycles. The van der Waals surface area contributed by atoms with Crippen molar-refractivity contribution < 1.29 is 4.79 Å². The van der Waals surface area contributed by atoms with E-state index in [0.29, 0.717) is 12.6 Å². The first kappa shape index (κ1) is 20.8. The molecule has 3 unspecified atom stereocenters. The van der Waals surface area contributed by atoms with Crippen LogP contribution in [0.5, 0.6) is 0 Å². The van der Waals surface area contributed by atoms with Crippen molar-refractivity contribution in [2.45, 2.75) is 65.0 Å². The second-order valence-electron chi connectivity index (χ2n) is 8.22. The first-order chi connectivity index (χ1) is 14.6. The van der Waals surface area contributed by atoms with Gasteiger partial charge in [-0.15, -0.1) is 11.3 Å². The number of nitrogens with one attached hydrogen (secondary N) is 2. The van der Waals surface area contributed by atoms with Gasteiger partial charge < -0.3 is 15.2 Å². The number of aromatic nitrogens is 3. The number of anilines is 1. The first-order valence-electron chi connectivity index (χ1n) is 11.0. The largest absolute Gasteiger partial charge is 0.380 e. The normalized spacial score (nSPS) is 19.8. The number of aryl methyl sites for hydroxylation is 1. The fourth-order valence-corrected chi connectivity index (χ4v) is 5.43. The van der Waals surface area contributed by atoms with E-state index in [4.69, 9.17) is 4.98 Å². The molecule has 3 aromatic heterocycles. The van der Waals surface area contributed by atoms with Gasteiger partial charge in [0.05, 0.1) is 12.0 Å². The quantitative estimate of drug-likeness (QED) is 0.548. The molecule has 4 rings (SSSR count). The molecular formula is C23H31N5OS. The molecule has 1 fully saturated rings. The maximum atomic E-state index is 12.2. The Hall–Kier alpha value is -2.41. The van der Waals surface area contributed by atoms with Gasteiger partial charge in [-0.05, 0) is 62.6 Å². The van der Waals surface area contributed by atoms with E-state index in [1.807, 2.05) is 36.9 Å². The van der Waals surface area contributed by atoms with Gasteiger partial charge in [0, 0.05) is 42.0 Å². The number of amides is 1. The van der Waals surface area contributed by atoms with Crippen LogP contribution in [0.1, 0.15) is 56.0 Å². The van der Waals surface area contributed by atoms with Crippen LogP contribution in [0.4, 0.5) is 5.69 Å². The van der Waals surface area contributed by atoms with E-state index >= 15 is 0 Å². The first-order valence-corrected chi connectivity index (χ1v) is 11.9. The molecule has 0 saturated heterocycles. The fraction of sp³-hybridized carbons (Fsp3) is 0.522. The molecule has 1 amide bonds. The molecule has 1 aliphatic carbocycles. The van der Waals surface area contributed by atoms with Crippen LogP contribution in [0.25, 0.3) is 11.2 Å². The Kier molecular flexibility index (Phi) is 6.37. The molecule has 0 spiro atoms. The second kappa shape index (κ2) is 9.16. The molecule has 3 heterocycles. The molecule has 3 atom stereocenters. The zero-order valence-corrected chi connectivity index (χ0v) is 18.8. The average molecular weight is 426 g/mol. The van der Waals surface area contributed by atoms with Crippen molar-refractivity contribution in [1.82, 2.24) is 19.9 Å². The number of carbonyl (C=O) groups excluding carboxylic acids is 1. The fourth-order valence-electron chi connectivity index (χ4n) is 4.44. The molecule has 0 radical (unpaired) electrons. The summed E-state index contributed by atoms with van der Waals surface area (Å²) in [4.78, 5) is 23.0. The number of nitrogens with zero attached hydrogens (tertiary/aromatic N) is 3. The van der Waals surface area contributed by atoms with Gasteiger partial charge in [-0.25, -0.2) is 9.97 Å². The summed E-state index contributed by atoms with van der Waals surface area (Å²) in [5.41, 5.74) is 4.23. The Morgan fingerprint density at radius 3 is 2.90 bits per heavy atom. The average Bonchev–Trinajstić information content (AvgIpc) is 3.47. The van der Waals surface area contributed by atoms with Crippen molar-refractivity contribution in [2.24, 2.45) is 5.92 Å². The lowest BCUT2D eigenvalue weighted by Gasteiger charge is -2.19. The lowest BCUT2D eigenvalue weighted by Crippen LogP contribution is -2.29. The van der Waals surface area contributed by atoms with Crippen molar-refractivity contribution in [3.05, 3.63) is 40.5 Å². The number of fused-ring (bicyclic) bond motifs is 1. The highest BCUT2D eigenvalue weighted by atomic mass is 32.1. The molecule has 2 N–H and O–H groups in total. The highest BCUT2D eigenvalue weighted by Crippen LogP contribution is 2.37. The Morgan fingerprint density at radius 2 is 2.17 bits per heavy atom. The van der Waals surface area contributed by atoms with Crippen molar-refractivity contribution in [3.63, 3.8) is 0 Å². The van der Waals surface area contributed by atoms with Gasteiger partial charge in [0.15, 0.2) is 5.65 Å². The molecule has 0 bridgehead atoms. The van der Waals surface area contributed by atoms with Crippen LogP contribution in [-0.2, 0) is 11.2 Å². The number of carbonyl (C=O) groups is 1. The Bertz CT molecular complexity index is 1010. The third kappa shape index (κ3) is 4.21. The number of imidazole rings is 1. The zero-order valence-electron chi connectivity index (χ0n) is 18.0. The molecular weight excluding hydrogens is 394 g/mol. The number of hydrogen-bond donors (Lipinski definition) is 2. The monoisotopic (exact) mass is 425 g/mol. The topological polar surface area (TPSA) is 71.8 Å². The van der Waals surface area contributed by atoms with Crippen LogP contribution >= 0.6 is 11.3 Å². The van der Waals surface area contributed by atoms with Gasteiger partial charge in [-0.1, -0.05) is 6.92 Å². The van der Waals surface area contributed by atoms with Crippen LogP contribution in [0.15, 0.2) is 30.0 Å². The van der Waals surface area contributed by atoms with Crippen molar-refractivity contribution >= 4 is 34.1 Å². The third-order valence-corrected chi connectivity index (χ3v) is 7.28. The van der Waals surface area contributed by atoms with Crippen LogP contribution in [0.2, 0.25) is 0 Å². The summed E-state index contributed by atoms with van der Waals surface area (Å²) < 4.78 is 2.17. The standard InChI is InChI=1S/C23H31N5OS/c1-4-17(13-20-15(3)9-11-30-20)27-19-8-10-25-22-21(19)26-14-28(22)18-7-6-16(12-18)23(29)24-5-2/h8-11,14,16-18H,4-7,12-13H2,1-3H3,(H,24,29)(H,25,27). The Labute approximate surface area is 182 Å². The van der Waals surface area contributed by atoms with Crippen LogP contribution in [-0.4, -0.2) is 33.0 Å². The minimum absolute atomic E-state index is 0.0900. The van der Waals surface area contributed by atoms with Gasteiger partial charge in [0.1, 0.15) is 5.52 Å². The van der Waals surface area contributed by atoms with Crippen molar-refractivity contribution in [1.29, 1.82) is 0 Å². The minimum Gasteiger partial charge on any atom is -0.380 e. The number of rotatable bonds is 8. The summed E-state index contributed by atoms with van der Waals surface area (Å²) in [5, 5.41) is 8.84. The molecule has 7 heteroatoms. The molecule has 160 valence electrons. The predicted octanol–water partition coefficient (Wildman–Crippen LogP) is 4.71. The smallest absolute Gasteiger partial charge is 0.223 e. The van der Waals surface area contributed by atoms with E-state index in [-0.39, 0.29) is 17.9 Å². The zero-order chi connectivity index (χ0) is 21.1. The lowest BCUT2D eigenvalue weighted by atomic mass is 10.1.